The van der Waals surface area contributed by atoms with E-state index in [9.17, 15) is 4.79 Å². The van der Waals surface area contributed by atoms with Crippen LogP contribution in [0.5, 0.6) is 0 Å². The van der Waals surface area contributed by atoms with Crippen LogP contribution in [0.4, 0.5) is 5.82 Å². The van der Waals surface area contributed by atoms with Gasteiger partial charge in [0.15, 0.2) is 5.16 Å². The Morgan fingerprint density at radius 1 is 1.43 bits per heavy atom. The summed E-state index contributed by atoms with van der Waals surface area (Å²) in [6.45, 7) is 5.11. The van der Waals surface area contributed by atoms with Crippen LogP contribution >= 0.6 is 11.8 Å². The third-order valence-electron chi connectivity index (χ3n) is 2.93. The molecule has 0 saturated heterocycles. The maximum Gasteiger partial charge on any atom is 0.253 e. The zero-order valence-electron chi connectivity index (χ0n) is 12.1. The van der Waals surface area contributed by atoms with Gasteiger partial charge >= 0.3 is 0 Å². The molecule has 0 aromatic carbocycles. The van der Waals surface area contributed by atoms with Crippen LogP contribution in [0.1, 0.15) is 32.0 Å². The van der Waals surface area contributed by atoms with Gasteiger partial charge in [0.05, 0.1) is 5.69 Å². The molecule has 1 unspecified atom stereocenters. The monoisotopic (exact) mass is 305 g/mol. The second-order valence-corrected chi connectivity index (χ2v) is 5.58. The van der Waals surface area contributed by atoms with Crippen LogP contribution in [-0.2, 0) is 0 Å². The molecule has 4 N–H and O–H groups in total. The molecule has 2 aromatic heterocycles. The van der Waals surface area contributed by atoms with Gasteiger partial charge in [-0.15, -0.1) is 0 Å². The molecule has 0 fully saturated rings. The highest BCUT2D eigenvalue weighted by molar-refractivity contribution is 7.99. The van der Waals surface area contributed by atoms with Crippen molar-refractivity contribution in [2.75, 3.05) is 12.3 Å². The van der Waals surface area contributed by atoms with Crippen LogP contribution in [-0.4, -0.2) is 21.5 Å². The van der Waals surface area contributed by atoms with E-state index in [1.165, 1.54) is 17.8 Å². The van der Waals surface area contributed by atoms with Gasteiger partial charge in [-0.1, -0.05) is 25.6 Å². The fraction of sp³-hybridized carbons (Fsp3) is 0.357. The standard InChI is InChI=1S/C14H19N5OS/c1-3-10(16-4-2)11-6-5-9(8-17-11)21-14-18-12(15)7-13(20)19-14/h5-8,10,16H,3-4H2,1-2H3,(H3,15,18,19,20). The van der Waals surface area contributed by atoms with E-state index >= 15 is 0 Å². The molecule has 2 heterocycles. The van der Waals surface area contributed by atoms with Gasteiger partial charge in [0.1, 0.15) is 5.82 Å². The molecule has 0 saturated carbocycles. The molecule has 6 nitrogen and oxygen atoms in total. The quantitative estimate of drug-likeness (QED) is 0.706. The summed E-state index contributed by atoms with van der Waals surface area (Å²) in [5.74, 6) is 0.212. The fourth-order valence-corrected chi connectivity index (χ4v) is 2.74. The van der Waals surface area contributed by atoms with Gasteiger partial charge in [0.2, 0.25) is 0 Å². The lowest BCUT2D eigenvalue weighted by Gasteiger charge is -2.15. The van der Waals surface area contributed by atoms with Crippen LogP contribution in [0.15, 0.2) is 39.2 Å². The molecule has 0 aliphatic rings. The molecule has 0 spiro atoms. The molecule has 2 rings (SSSR count). The minimum absolute atomic E-state index is 0.212. The Labute approximate surface area is 127 Å². The summed E-state index contributed by atoms with van der Waals surface area (Å²) in [6.07, 6.45) is 2.76. The van der Waals surface area contributed by atoms with Gasteiger partial charge in [-0.05, 0) is 25.1 Å². The van der Waals surface area contributed by atoms with E-state index in [-0.39, 0.29) is 17.4 Å². The zero-order chi connectivity index (χ0) is 15.2. The van der Waals surface area contributed by atoms with Crippen LogP contribution in [0.2, 0.25) is 0 Å². The molecule has 0 bridgehead atoms. The molecular weight excluding hydrogens is 286 g/mol. The molecule has 0 amide bonds. The van der Waals surface area contributed by atoms with Gasteiger partial charge in [0.25, 0.3) is 5.56 Å². The second-order valence-electron chi connectivity index (χ2n) is 4.51. The molecule has 21 heavy (non-hydrogen) atoms. The molecule has 0 aliphatic carbocycles. The molecule has 2 aromatic rings. The number of nitrogen functional groups attached to an aromatic ring is 1. The third-order valence-corrected chi connectivity index (χ3v) is 3.79. The number of aromatic amines is 1. The Hall–Kier alpha value is -1.86. The highest BCUT2D eigenvalue weighted by atomic mass is 32.2. The number of nitrogens with two attached hydrogens (primary N) is 1. The van der Waals surface area contributed by atoms with Gasteiger partial charge in [-0.2, -0.15) is 0 Å². The average molecular weight is 305 g/mol. The Bertz CT molecular complexity index is 641. The summed E-state index contributed by atoms with van der Waals surface area (Å²) >= 11 is 1.33. The SMILES string of the molecule is CCNC(CC)c1ccc(Sc2nc(N)cc(=O)[nH]2)cn1. The predicted octanol–water partition coefficient (Wildman–Crippen LogP) is 1.96. The number of hydrogen-bond donors (Lipinski definition) is 3. The highest BCUT2D eigenvalue weighted by Gasteiger charge is 2.09. The van der Waals surface area contributed by atoms with Crippen LogP contribution in [0.25, 0.3) is 0 Å². The number of nitrogens with zero attached hydrogens (tertiary/aromatic N) is 2. The maximum atomic E-state index is 11.3. The minimum Gasteiger partial charge on any atom is -0.383 e. The van der Waals surface area contributed by atoms with E-state index in [4.69, 9.17) is 5.73 Å². The van der Waals surface area contributed by atoms with Crippen molar-refractivity contribution in [3.8, 4) is 0 Å². The lowest BCUT2D eigenvalue weighted by molar-refractivity contribution is 0.524. The van der Waals surface area contributed by atoms with E-state index < -0.39 is 0 Å². The Morgan fingerprint density at radius 3 is 2.81 bits per heavy atom. The first-order valence-electron chi connectivity index (χ1n) is 6.86. The molecule has 0 aliphatic heterocycles. The molecule has 1 atom stereocenters. The summed E-state index contributed by atoms with van der Waals surface area (Å²) in [5.41, 5.74) is 6.32. The molecule has 0 radical (unpaired) electrons. The Balaban J connectivity index is 2.13. The number of hydrogen-bond acceptors (Lipinski definition) is 6. The Morgan fingerprint density at radius 2 is 2.24 bits per heavy atom. The van der Waals surface area contributed by atoms with Crippen molar-refractivity contribution in [3.05, 3.63) is 40.4 Å². The predicted molar refractivity (Wildman–Crippen MR) is 84.3 cm³/mol. The van der Waals surface area contributed by atoms with E-state index in [1.54, 1.807) is 6.20 Å². The van der Waals surface area contributed by atoms with Crippen molar-refractivity contribution < 1.29 is 0 Å². The van der Waals surface area contributed by atoms with Gasteiger partial charge in [-0.3, -0.25) is 9.78 Å². The first-order chi connectivity index (χ1) is 10.1. The number of H-pyrrole nitrogens is 1. The lowest BCUT2D eigenvalue weighted by atomic mass is 10.1. The van der Waals surface area contributed by atoms with Crippen LogP contribution < -0.4 is 16.6 Å². The summed E-state index contributed by atoms with van der Waals surface area (Å²) in [4.78, 5) is 23.4. The summed E-state index contributed by atoms with van der Waals surface area (Å²) in [5, 5.41) is 3.85. The topological polar surface area (TPSA) is 96.7 Å². The first-order valence-corrected chi connectivity index (χ1v) is 7.68. The molecule has 112 valence electrons. The minimum atomic E-state index is -0.257. The summed E-state index contributed by atoms with van der Waals surface area (Å²) < 4.78 is 0. The number of aromatic nitrogens is 3. The molecule has 7 heteroatoms. The average Bonchev–Trinajstić information content (AvgIpc) is 2.45. The third kappa shape index (κ3) is 4.30. The van der Waals surface area contributed by atoms with E-state index in [0.29, 0.717) is 5.16 Å². The number of rotatable bonds is 6. The van der Waals surface area contributed by atoms with E-state index in [0.717, 1.165) is 23.6 Å². The Kier molecular flexibility index (Phi) is 5.35. The van der Waals surface area contributed by atoms with Crippen molar-refractivity contribution in [2.45, 2.75) is 36.4 Å². The van der Waals surface area contributed by atoms with E-state index in [2.05, 4.69) is 34.1 Å². The number of pyridine rings is 1. The van der Waals surface area contributed by atoms with Crippen LogP contribution in [0, 0.1) is 0 Å². The van der Waals surface area contributed by atoms with Crippen molar-refractivity contribution in [3.63, 3.8) is 0 Å². The van der Waals surface area contributed by atoms with Gasteiger partial charge in [0, 0.05) is 23.2 Å². The highest BCUT2D eigenvalue weighted by Crippen LogP contribution is 2.24. The first kappa shape index (κ1) is 15.5. The number of nitrogens with one attached hydrogen (secondary N) is 2. The molecular formula is C14H19N5OS. The largest absolute Gasteiger partial charge is 0.383 e. The van der Waals surface area contributed by atoms with Crippen molar-refractivity contribution >= 4 is 17.6 Å². The fourth-order valence-electron chi connectivity index (χ4n) is 1.98. The summed E-state index contributed by atoms with van der Waals surface area (Å²) in [6, 6.07) is 5.48. The van der Waals surface area contributed by atoms with E-state index in [1.807, 2.05) is 12.1 Å². The van der Waals surface area contributed by atoms with Crippen LogP contribution in [0.3, 0.4) is 0 Å². The summed E-state index contributed by atoms with van der Waals surface area (Å²) in [7, 11) is 0. The lowest BCUT2D eigenvalue weighted by Crippen LogP contribution is -2.20. The number of anilines is 1. The second kappa shape index (κ2) is 7.24. The smallest absolute Gasteiger partial charge is 0.253 e. The van der Waals surface area contributed by atoms with Crippen molar-refractivity contribution in [1.29, 1.82) is 0 Å². The normalized spacial score (nSPS) is 12.3. The van der Waals surface area contributed by atoms with Crippen molar-refractivity contribution in [2.24, 2.45) is 0 Å². The zero-order valence-corrected chi connectivity index (χ0v) is 12.9. The van der Waals surface area contributed by atoms with Gasteiger partial charge in [-0.25, -0.2) is 4.98 Å². The van der Waals surface area contributed by atoms with Gasteiger partial charge < -0.3 is 16.0 Å². The van der Waals surface area contributed by atoms with Crippen molar-refractivity contribution in [1.82, 2.24) is 20.3 Å². The maximum absolute atomic E-state index is 11.3.